The SMILES string of the molecule is Clc1ccccc1CN1CCN(c2ccc(Nc3ncnc4c3oc3ccccc34)cc2)CC1. The van der Waals surface area contributed by atoms with Crippen LogP contribution in [0, 0.1) is 0 Å². The van der Waals surface area contributed by atoms with Crippen molar-refractivity contribution in [2.45, 2.75) is 6.54 Å². The molecule has 5 aromatic rings. The van der Waals surface area contributed by atoms with Crippen LogP contribution < -0.4 is 10.2 Å². The molecule has 0 radical (unpaired) electrons. The Morgan fingerprint density at radius 2 is 1.62 bits per heavy atom. The molecule has 3 aromatic carbocycles. The van der Waals surface area contributed by atoms with Crippen LogP contribution in [0.15, 0.2) is 83.5 Å². The van der Waals surface area contributed by atoms with Gasteiger partial charge in [-0.2, -0.15) is 0 Å². The van der Waals surface area contributed by atoms with Crippen LogP contribution in [0.1, 0.15) is 5.56 Å². The Balaban J connectivity index is 1.13. The van der Waals surface area contributed by atoms with Crippen molar-refractivity contribution >= 4 is 50.9 Å². The molecule has 2 aromatic heterocycles. The fourth-order valence-electron chi connectivity index (χ4n) is 4.54. The number of benzene rings is 3. The molecule has 7 heteroatoms. The van der Waals surface area contributed by atoms with E-state index in [0.29, 0.717) is 11.4 Å². The summed E-state index contributed by atoms with van der Waals surface area (Å²) in [6.07, 6.45) is 1.57. The second-order valence-electron chi connectivity index (χ2n) is 8.52. The maximum atomic E-state index is 6.34. The Labute approximate surface area is 202 Å². The predicted octanol–water partition coefficient (Wildman–Crippen LogP) is 6.10. The minimum absolute atomic E-state index is 0.669. The van der Waals surface area contributed by atoms with E-state index in [2.05, 4.69) is 55.4 Å². The maximum Gasteiger partial charge on any atom is 0.196 e. The first-order chi connectivity index (χ1) is 16.7. The average molecular weight is 470 g/mol. The summed E-state index contributed by atoms with van der Waals surface area (Å²) >= 11 is 6.34. The zero-order valence-electron chi connectivity index (χ0n) is 18.6. The monoisotopic (exact) mass is 469 g/mol. The van der Waals surface area contributed by atoms with E-state index < -0.39 is 0 Å². The van der Waals surface area contributed by atoms with E-state index in [-0.39, 0.29) is 0 Å². The normalized spacial score (nSPS) is 14.7. The molecule has 0 spiro atoms. The smallest absolute Gasteiger partial charge is 0.196 e. The van der Waals surface area contributed by atoms with Crippen LogP contribution >= 0.6 is 11.6 Å². The first-order valence-corrected chi connectivity index (χ1v) is 11.8. The summed E-state index contributed by atoms with van der Waals surface area (Å²) in [4.78, 5) is 13.7. The third-order valence-electron chi connectivity index (χ3n) is 6.38. The van der Waals surface area contributed by atoms with Gasteiger partial charge in [0, 0.05) is 54.5 Å². The Morgan fingerprint density at radius 3 is 2.44 bits per heavy atom. The largest absolute Gasteiger partial charge is 0.450 e. The van der Waals surface area contributed by atoms with Crippen LogP contribution in [0.25, 0.3) is 22.1 Å². The molecule has 0 aliphatic carbocycles. The van der Waals surface area contributed by atoms with Gasteiger partial charge in [-0.15, -0.1) is 0 Å². The van der Waals surface area contributed by atoms with Gasteiger partial charge in [-0.1, -0.05) is 41.9 Å². The average Bonchev–Trinajstić information content (AvgIpc) is 3.26. The molecule has 3 heterocycles. The molecule has 0 saturated carbocycles. The Hall–Kier alpha value is -3.61. The number of halogens is 1. The zero-order valence-corrected chi connectivity index (χ0v) is 19.4. The van der Waals surface area contributed by atoms with E-state index in [9.17, 15) is 0 Å². The lowest BCUT2D eigenvalue weighted by atomic mass is 10.2. The molecule has 6 rings (SSSR count). The summed E-state index contributed by atoms with van der Waals surface area (Å²) < 4.78 is 6.03. The molecule has 1 fully saturated rings. The van der Waals surface area contributed by atoms with Gasteiger partial charge in [0.15, 0.2) is 11.4 Å². The van der Waals surface area contributed by atoms with Gasteiger partial charge in [0.25, 0.3) is 0 Å². The quantitative estimate of drug-likeness (QED) is 0.336. The van der Waals surface area contributed by atoms with E-state index in [1.54, 1.807) is 6.33 Å². The van der Waals surface area contributed by atoms with Gasteiger partial charge >= 0.3 is 0 Å². The molecule has 0 unspecified atom stereocenters. The first-order valence-electron chi connectivity index (χ1n) is 11.4. The van der Waals surface area contributed by atoms with Gasteiger partial charge < -0.3 is 14.6 Å². The summed E-state index contributed by atoms with van der Waals surface area (Å²) in [6, 6.07) is 24.5. The number of aromatic nitrogens is 2. The lowest BCUT2D eigenvalue weighted by Gasteiger charge is -2.36. The number of nitrogens with one attached hydrogen (secondary N) is 1. The van der Waals surface area contributed by atoms with Crippen molar-refractivity contribution in [2.75, 3.05) is 36.4 Å². The van der Waals surface area contributed by atoms with Crippen molar-refractivity contribution < 1.29 is 4.42 Å². The third-order valence-corrected chi connectivity index (χ3v) is 6.75. The van der Waals surface area contributed by atoms with Crippen molar-refractivity contribution in [3.05, 3.63) is 89.7 Å². The summed E-state index contributed by atoms with van der Waals surface area (Å²) in [5.74, 6) is 0.669. The zero-order chi connectivity index (χ0) is 22.9. The minimum Gasteiger partial charge on any atom is -0.450 e. The number of hydrogen-bond donors (Lipinski definition) is 1. The molecule has 1 aliphatic rings. The molecule has 1 N–H and O–H groups in total. The molecular formula is C27H24ClN5O. The third kappa shape index (κ3) is 4.06. The molecule has 0 amide bonds. The number of rotatable bonds is 5. The Kier molecular flexibility index (Phi) is 5.53. The maximum absolute atomic E-state index is 6.34. The topological polar surface area (TPSA) is 57.4 Å². The van der Waals surface area contributed by atoms with Crippen LogP contribution in [0.3, 0.4) is 0 Å². The van der Waals surface area contributed by atoms with Crippen LogP contribution in [-0.4, -0.2) is 41.0 Å². The van der Waals surface area contributed by atoms with E-state index >= 15 is 0 Å². The van der Waals surface area contributed by atoms with Gasteiger partial charge in [0.1, 0.15) is 17.4 Å². The Bertz CT molecular complexity index is 1440. The van der Waals surface area contributed by atoms with Crippen molar-refractivity contribution in [1.29, 1.82) is 0 Å². The fraction of sp³-hybridized carbons (Fsp3) is 0.185. The molecule has 1 saturated heterocycles. The van der Waals surface area contributed by atoms with Gasteiger partial charge in [-0.3, -0.25) is 4.90 Å². The highest BCUT2D eigenvalue weighted by molar-refractivity contribution is 6.31. The highest BCUT2D eigenvalue weighted by atomic mass is 35.5. The summed E-state index contributed by atoms with van der Waals surface area (Å²) in [6.45, 7) is 4.89. The minimum atomic E-state index is 0.669. The van der Waals surface area contributed by atoms with Crippen LogP contribution in [-0.2, 0) is 6.54 Å². The van der Waals surface area contributed by atoms with Gasteiger partial charge in [-0.25, -0.2) is 9.97 Å². The number of fused-ring (bicyclic) bond motifs is 3. The molecule has 1 aliphatic heterocycles. The number of anilines is 3. The fourth-order valence-corrected chi connectivity index (χ4v) is 4.73. The lowest BCUT2D eigenvalue weighted by molar-refractivity contribution is 0.250. The second-order valence-corrected chi connectivity index (χ2v) is 8.93. The predicted molar refractivity (Wildman–Crippen MR) is 138 cm³/mol. The second kappa shape index (κ2) is 8.97. The standard InChI is InChI=1S/C27H24ClN5O/c28-23-7-3-1-5-19(23)17-32-13-15-33(16-14-32)21-11-9-20(10-12-21)31-27-26-25(29-18-30-27)22-6-2-4-8-24(22)34-26/h1-12,18H,13-17H2,(H,29,30,31). The van der Waals surface area contributed by atoms with Crippen molar-refractivity contribution in [3.8, 4) is 0 Å². The molecular weight excluding hydrogens is 446 g/mol. The summed E-state index contributed by atoms with van der Waals surface area (Å²) in [5, 5.41) is 5.23. The van der Waals surface area contributed by atoms with E-state index in [4.69, 9.17) is 16.0 Å². The Morgan fingerprint density at radius 1 is 0.853 bits per heavy atom. The van der Waals surface area contributed by atoms with E-state index in [1.807, 2.05) is 42.5 Å². The number of nitrogens with zero attached hydrogens (tertiary/aromatic N) is 4. The number of furan rings is 1. The highest BCUT2D eigenvalue weighted by Crippen LogP contribution is 2.32. The van der Waals surface area contributed by atoms with Crippen LogP contribution in [0.2, 0.25) is 5.02 Å². The van der Waals surface area contributed by atoms with Crippen LogP contribution in [0.5, 0.6) is 0 Å². The summed E-state index contributed by atoms with van der Waals surface area (Å²) in [7, 11) is 0. The number of piperazine rings is 1. The van der Waals surface area contributed by atoms with Gasteiger partial charge in [-0.05, 0) is 48.0 Å². The lowest BCUT2D eigenvalue weighted by Crippen LogP contribution is -2.46. The molecule has 0 atom stereocenters. The number of para-hydroxylation sites is 1. The van der Waals surface area contributed by atoms with Gasteiger partial charge in [0.05, 0.1) is 0 Å². The molecule has 6 nitrogen and oxygen atoms in total. The van der Waals surface area contributed by atoms with Crippen molar-refractivity contribution in [1.82, 2.24) is 14.9 Å². The van der Waals surface area contributed by atoms with E-state index in [1.165, 1.54) is 11.3 Å². The molecule has 170 valence electrons. The van der Waals surface area contributed by atoms with Gasteiger partial charge in [0.2, 0.25) is 0 Å². The highest BCUT2D eigenvalue weighted by Gasteiger charge is 2.18. The first kappa shape index (κ1) is 21.0. The number of hydrogen-bond acceptors (Lipinski definition) is 6. The van der Waals surface area contributed by atoms with Crippen molar-refractivity contribution in [2.24, 2.45) is 0 Å². The molecule has 0 bridgehead atoms. The molecule has 34 heavy (non-hydrogen) atoms. The summed E-state index contributed by atoms with van der Waals surface area (Å²) in [5.41, 5.74) is 5.67. The van der Waals surface area contributed by atoms with Crippen LogP contribution in [0.4, 0.5) is 17.2 Å². The van der Waals surface area contributed by atoms with Crippen molar-refractivity contribution in [3.63, 3.8) is 0 Å². The van der Waals surface area contributed by atoms with E-state index in [0.717, 1.165) is 59.9 Å².